The first kappa shape index (κ1) is 12.9. The van der Waals surface area contributed by atoms with Crippen LogP contribution in [-0.2, 0) is 4.74 Å². The van der Waals surface area contributed by atoms with E-state index in [0.29, 0.717) is 5.76 Å². The molecule has 1 aromatic carbocycles. The molecular formula is C14H17ClO. The Morgan fingerprint density at radius 3 is 2.25 bits per heavy atom. The van der Waals surface area contributed by atoms with Crippen LogP contribution < -0.4 is 0 Å². The van der Waals surface area contributed by atoms with Gasteiger partial charge in [0.25, 0.3) is 0 Å². The number of hydrogen-bond donors (Lipinski definition) is 0. The van der Waals surface area contributed by atoms with Crippen LogP contribution in [0, 0.1) is 0 Å². The quantitative estimate of drug-likeness (QED) is 0.666. The maximum Gasteiger partial charge on any atom is 0.126 e. The molecule has 0 amide bonds. The van der Waals surface area contributed by atoms with Gasteiger partial charge in [0.05, 0.1) is 0 Å². The van der Waals surface area contributed by atoms with Gasteiger partial charge in [-0.3, -0.25) is 0 Å². The Morgan fingerprint density at radius 1 is 1.25 bits per heavy atom. The zero-order valence-electron chi connectivity index (χ0n) is 10.0. The molecule has 0 saturated heterocycles. The van der Waals surface area contributed by atoms with Crippen LogP contribution in [0.15, 0.2) is 42.2 Å². The fraction of sp³-hybridized carbons (Fsp3) is 0.286. The summed E-state index contributed by atoms with van der Waals surface area (Å²) in [6, 6.07) is 7.48. The topological polar surface area (TPSA) is 9.23 Å². The van der Waals surface area contributed by atoms with E-state index in [9.17, 15) is 0 Å². The molecule has 1 aromatic rings. The number of allylic oxidation sites excluding steroid dienone is 2. The maximum absolute atomic E-state index is 5.82. The lowest BCUT2D eigenvalue weighted by atomic mass is 10.2. The van der Waals surface area contributed by atoms with E-state index in [0.717, 1.165) is 22.8 Å². The Hall–Kier alpha value is -1.21. The molecule has 0 heterocycles. The fourth-order valence-corrected chi connectivity index (χ4v) is 1.50. The summed E-state index contributed by atoms with van der Waals surface area (Å²) >= 11 is 5.82. The zero-order chi connectivity index (χ0) is 12.1. The number of ether oxygens (including phenoxy) is 1. The second-order valence-corrected chi connectivity index (χ2v) is 4.25. The predicted molar refractivity (Wildman–Crippen MR) is 70.2 cm³/mol. The highest BCUT2D eigenvalue weighted by Gasteiger charge is 2.04. The van der Waals surface area contributed by atoms with Crippen LogP contribution in [0.3, 0.4) is 0 Å². The van der Waals surface area contributed by atoms with Gasteiger partial charge in [0.15, 0.2) is 0 Å². The van der Waals surface area contributed by atoms with Crippen molar-refractivity contribution in [1.29, 1.82) is 0 Å². The minimum Gasteiger partial charge on any atom is -0.462 e. The predicted octanol–water partition coefficient (Wildman–Crippen LogP) is 5.03. The van der Waals surface area contributed by atoms with Crippen molar-refractivity contribution in [3.05, 3.63) is 52.8 Å². The molecule has 0 bridgehead atoms. The number of hydrogen-bond acceptors (Lipinski definition) is 1. The summed E-state index contributed by atoms with van der Waals surface area (Å²) in [5, 5.41) is 0.717. The molecule has 0 aliphatic heterocycles. The Bertz CT molecular complexity index is 397. The first-order valence-corrected chi connectivity index (χ1v) is 5.71. The molecule has 0 aromatic heterocycles. The molecule has 0 unspecified atom stereocenters. The van der Waals surface area contributed by atoms with Crippen LogP contribution >= 0.6 is 11.6 Å². The molecule has 2 heteroatoms. The molecule has 16 heavy (non-hydrogen) atoms. The summed E-state index contributed by atoms with van der Waals surface area (Å²) < 4.78 is 5.73. The van der Waals surface area contributed by atoms with Crippen LogP contribution in [0.5, 0.6) is 0 Å². The third kappa shape index (κ3) is 3.42. The van der Waals surface area contributed by atoms with Crippen LogP contribution in [0.25, 0.3) is 5.76 Å². The molecule has 0 radical (unpaired) electrons. The number of halogens is 1. The summed E-state index contributed by atoms with van der Waals surface area (Å²) in [7, 11) is 0. The third-order valence-corrected chi connectivity index (χ3v) is 2.54. The van der Waals surface area contributed by atoms with E-state index in [-0.39, 0.29) is 0 Å². The van der Waals surface area contributed by atoms with E-state index in [1.807, 2.05) is 38.1 Å². The Labute approximate surface area is 102 Å². The smallest absolute Gasteiger partial charge is 0.126 e. The Kier molecular flexibility index (Phi) is 4.63. The molecule has 1 nitrogen and oxygen atoms in total. The van der Waals surface area contributed by atoms with Gasteiger partial charge in [-0.25, -0.2) is 0 Å². The van der Waals surface area contributed by atoms with E-state index in [4.69, 9.17) is 16.3 Å². The van der Waals surface area contributed by atoms with Gasteiger partial charge >= 0.3 is 0 Å². The molecule has 0 spiro atoms. The number of benzene rings is 1. The van der Waals surface area contributed by atoms with Gasteiger partial charge in [0.2, 0.25) is 0 Å². The van der Waals surface area contributed by atoms with E-state index < -0.39 is 0 Å². The SMILES string of the molecule is C=C(OC(CC)=C(C)C)c1ccc(Cl)cc1. The summed E-state index contributed by atoms with van der Waals surface area (Å²) in [6.07, 6.45) is 0.870. The van der Waals surface area contributed by atoms with Crippen molar-refractivity contribution in [2.24, 2.45) is 0 Å². The van der Waals surface area contributed by atoms with Crippen molar-refractivity contribution < 1.29 is 4.74 Å². The monoisotopic (exact) mass is 236 g/mol. The molecule has 0 N–H and O–H groups in total. The molecular weight excluding hydrogens is 220 g/mol. The van der Waals surface area contributed by atoms with Gasteiger partial charge in [-0.2, -0.15) is 0 Å². The maximum atomic E-state index is 5.82. The van der Waals surface area contributed by atoms with Crippen molar-refractivity contribution in [3.8, 4) is 0 Å². The van der Waals surface area contributed by atoms with Crippen molar-refractivity contribution in [2.45, 2.75) is 27.2 Å². The molecule has 0 atom stereocenters. The van der Waals surface area contributed by atoms with Gasteiger partial charge in [0.1, 0.15) is 11.5 Å². The van der Waals surface area contributed by atoms with E-state index in [1.54, 1.807) is 0 Å². The van der Waals surface area contributed by atoms with Crippen LogP contribution in [0.4, 0.5) is 0 Å². The van der Waals surface area contributed by atoms with Crippen molar-refractivity contribution in [1.82, 2.24) is 0 Å². The fourth-order valence-electron chi connectivity index (χ4n) is 1.37. The van der Waals surface area contributed by atoms with Gasteiger partial charge in [-0.15, -0.1) is 0 Å². The van der Waals surface area contributed by atoms with Gasteiger partial charge < -0.3 is 4.74 Å². The van der Waals surface area contributed by atoms with Crippen molar-refractivity contribution in [2.75, 3.05) is 0 Å². The third-order valence-electron chi connectivity index (χ3n) is 2.29. The van der Waals surface area contributed by atoms with Crippen molar-refractivity contribution in [3.63, 3.8) is 0 Å². The highest BCUT2D eigenvalue weighted by Crippen LogP contribution is 2.22. The summed E-state index contributed by atoms with van der Waals surface area (Å²) in [6.45, 7) is 10.1. The molecule has 0 aliphatic carbocycles. The molecule has 0 aliphatic rings. The van der Waals surface area contributed by atoms with Crippen molar-refractivity contribution >= 4 is 17.4 Å². The minimum absolute atomic E-state index is 0.662. The molecule has 0 saturated carbocycles. The van der Waals surface area contributed by atoms with Gasteiger partial charge in [-0.05, 0) is 43.7 Å². The summed E-state index contributed by atoms with van der Waals surface area (Å²) in [5.74, 6) is 1.63. The normalized spacial score (nSPS) is 9.75. The van der Waals surface area contributed by atoms with Crippen LogP contribution in [0.1, 0.15) is 32.8 Å². The largest absolute Gasteiger partial charge is 0.462 e. The van der Waals surface area contributed by atoms with E-state index in [2.05, 4.69) is 13.5 Å². The summed E-state index contributed by atoms with van der Waals surface area (Å²) in [5.41, 5.74) is 2.13. The summed E-state index contributed by atoms with van der Waals surface area (Å²) in [4.78, 5) is 0. The van der Waals surface area contributed by atoms with Gasteiger partial charge in [0, 0.05) is 17.0 Å². The highest BCUT2D eigenvalue weighted by atomic mass is 35.5. The lowest BCUT2D eigenvalue weighted by molar-refractivity contribution is 0.363. The average molecular weight is 237 g/mol. The van der Waals surface area contributed by atoms with Gasteiger partial charge in [-0.1, -0.05) is 25.1 Å². The van der Waals surface area contributed by atoms with E-state index >= 15 is 0 Å². The first-order valence-electron chi connectivity index (χ1n) is 5.33. The lowest BCUT2D eigenvalue weighted by Crippen LogP contribution is -1.93. The lowest BCUT2D eigenvalue weighted by Gasteiger charge is -2.12. The highest BCUT2D eigenvalue weighted by molar-refractivity contribution is 6.30. The van der Waals surface area contributed by atoms with Crippen LogP contribution in [0.2, 0.25) is 5.02 Å². The molecule has 86 valence electrons. The Morgan fingerprint density at radius 2 is 1.81 bits per heavy atom. The zero-order valence-corrected chi connectivity index (χ0v) is 10.8. The average Bonchev–Trinajstić information content (AvgIpc) is 2.26. The standard InChI is InChI=1S/C14H17ClO/c1-5-14(10(2)3)16-11(4)12-6-8-13(15)9-7-12/h6-9H,4-5H2,1-3H3. The minimum atomic E-state index is 0.662. The second kappa shape index (κ2) is 5.76. The number of rotatable bonds is 4. The van der Waals surface area contributed by atoms with Crippen LogP contribution in [-0.4, -0.2) is 0 Å². The Balaban J connectivity index is 2.80. The first-order chi connectivity index (χ1) is 7.54. The molecule has 0 fully saturated rings. The van der Waals surface area contributed by atoms with E-state index in [1.165, 1.54) is 5.57 Å². The molecule has 1 rings (SSSR count). The second-order valence-electron chi connectivity index (χ2n) is 3.81.